The number of hydrogen-bond donors (Lipinski definition) is 2. The molecule has 2 rings (SSSR count). The molecule has 0 bridgehead atoms. The molecule has 1 amide bonds. The van der Waals surface area contributed by atoms with Crippen LogP contribution in [0.15, 0.2) is 40.3 Å². The Morgan fingerprint density at radius 2 is 2.06 bits per heavy atom. The number of halogens is 1. The molecule has 88 valence electrons. The Balaban J connectivity index is 2.08. The largest absolute Gasteiger partial charge is 0.324 e. The molecule has 0 spiro atoms. The number of amides is 1. The standard InChI is InChI=1S/C11H11BrN4O/c12-8-6-14-10(13)9(16-8)11(17)15-7-4-2-1-3-5-7/h1-6,9-10H,13H2,(H,15,17). The van der Waals surface area contributed by atoms with Crippen LogP contribution < -0.4 is 11.1 Å². The van der Waals surface area contributed by atoms with Gasteiger partial charge in [-0.2, -0.15) is 0 Å². The Hall–Kier alpha value is -1.53. The van der Waals surface area contributed by atoms with Crippen LogP contribution in [0.1, 0.15) is 0 Å². The van der Waals surface area contributed by atoms with E-state index in [1.165, 1.54) is 6.21 Å². The van der Waals surface area contributed by atoms with Crippen molar-refractivity contribution in [3.05, 3.63) is 30.3 Å². The molecule has 1 aliphatic rings. The maximum atomic E-state index is 11.9. The number of nitrogens with one attached hydrogen (secondary N) is 1. The molecular weight excluding hydrogens is 284 g/mol. The van der Waals surface area contributed by atoms with Crippen LogP contribution in [-0.2, 0) is 4.79 Å². The average Bonchev–Trinajstić information content (AvgIpc) is 2.33. The molecule has 1 aliphatic heterocycles. The number of anilines is 1. The van der Waals surface area contributed by atoms with Crippen LogP contribution in [0.3, 0.4) is 0 Å². The van der Waals surface area contributed by atoms with Crippen molar-refractivity contribution in [2.24, 2.45) is 15.7 Å². The fraction of sp³-hybridized carbons (Fsp3) is 0.182. The summed E-state index contributed by atoms with van der Waals surface area (Å²) in [4.78, 5) is 20.0. The summed E-state index contributed by atoms with van der Waals surface area (Å²) in [7, 11) is 0. The minimum atomic E-state index is -0.699. The smallest absolute Gasteiger partial charge is 0.252 e. The van der Waals surface area contributed by atoms with E-state index in [0.717, 1.165) is 0 Å². The highest BCUT2D eigenvalue weighted by Gasteiger charge is 2.27. The van der Waals surface area contributed by atoms with Crippen LogP contribution in [0.4, 0.5) is 5.69 Å². The van der Waals surface area contributed by atoms with Crippen LogP contribution in [0, 0.1) is 0 Å². The van der Waals surface area contributed by atoms with Gasteiger partial charge >= 0.3 is 0 Å². The van der Waals surface area contributed by atoms with Gasteiger partial charge in [-0.1, -0.05) is 18.2 Å². The molecule has 2 unspecified atom stereocenters. The van der Waals surface area contributed by atoms with Gasteiger partial charge in [0.05, 0.1) is 6.21 Å². The monoisotopic (exact) mass is 294 g/mol. The highest BCUT2D eigenvalue weighted by Crippen LogP contribution is 2.11. The molecule has 0 aliphatic carbocycles. The molecule has 3 N–H and O–H groups in total. The summed E-state index contributed by atoms with van der Waals surface area (Å²) in [6.07, 6.45) is 0.858. The maximum absolute atomic E-state index is 11.9. The normalized spacial score (nSPS) is 23.1. The zero-order valence-electron chi connectivity index (χ0n) is 8.88. The van der Waals surface area contributed by atoms with Crippen LogP contribution in [0.25, 0.3) is 0 Å². The fourth-order valence-electron chi connectivity index (χ4n) is 1.42. The SMILES string of the molecule is NC1N=CC(Br)=NC1C(=O)Nc1ccccc1. The minimum Gasteiger partial charge on any atom is -0.324 e. The van der Waals surface area contributed by atoms with Crippen LogP contribution in [0.2, 0.25) is 0 Å². The maximum Gasteiger partial charge on any atom is 0.252 e. The van der Waals surface area contributed by atoms with Crippen molar-refractivity contribution in [2.45, 2.75) is 12.2 Å². The van der Waals surface area contributed by atoms with Gasteiger partial charge in [-0.3, -0.25) is 14.8 Å². The molecule has 0 saturated heterocycles. The molecule has 1 aromatic rings. The second kappa shape index (κ2) is 5.20. The van der Waals surface area contributed by atoms with E-state index in [2.05, 4.69) is 31.2 Å². The Kier molecular flexibility index (Phi) is 3.65. The molecule has 0 radical (unpaired) electrons. The van der Waals surface area contributed by atoms with Gasteiger partial charge in [-0.05, 0) is 28.1 Å². The minimum absolute atomic E-state index is 0.266. The molecule has 0 aromatic heterocycles. The third-order valence-electron chi connectivity index (χ3n) is 2.25. The van der Waals surface area contributed by atoms with E-state index in [9.17, 15) is 4.79 Å². The Morgan fingerprint density at radius 3 is 2.76 bits per heavy atom. The molecule has 0 fully saturated rings. The van der Waals surface area contributed by atoms with E-state index in [4.69, 9.17) is 5.73 Å². The first-order valence-corrected chi connectivity index (χ1v) is 5.84. The summed E-state index contributed by atoms with van der Waals surface area (Å²) in [6, 6.07) is 8.46. The molecule has 1 aromatic carbocycles. The molecule has 6 heteroatoms. The first-order chi connectivity index (χ1) is 8.16. The lowest BCUT2D eigenvalue weighted by atomic mass is 10.2. The van der Waals surface area contributed by atoms with Crippen molar-refractivity contribution >= 4 is 38.4 Å². The number of hydrogen-bond acceptors (Lipinski definition) is 4. The average molecular weight is 295 g/mol. The summed E-state index contributed by atoms with van der Waals surface area (Å²) in [6.45, 7) is 0. The number of aliphatic imine (C=N–C) groups is 2. The van der Waals surface area contributed by atoms with Crippen molar-refractivity contribution in [1.82, 2.24) is 0 Å². The van der Waals surface area contributed by atoms with Gasteiger partial charge in [0.25, 0.3) is 5.91 Å². The van der Waals surface area contributed by atoms with E-state index in [1.54, 1.807) is 12.1 Å². The molecular formula is C11H11BrN4O. The van der Waals surface area contributed by atoms with Gasteiger partial charge in [-0.25, -0.2) is 0 Å². The highest BCUT2D eigenvalue weighted by molar-refractivity contribution is 9.19. The number of rotatable bonds is 2. The van der Waals surface area contributed by atoms with Gasteiger partial charge in [0.1, 0.15) is 10.8 Å². The van der Waals surface area contributed by atoms with Gasteiger partial charge in [0.2, 0.25) is 0 Å². The zero-order valence-corrected chi connectivity index (χ0v) is 10.5. The molecule has 1 heterocycles. The molecule has 2 atom stereocenters. The highest BCUT2D eigenvalue weighted by atomic mass is 79.9. The van der Waals surface area contributed by atoms with Gasteiger partial charge < -0.3 is 11.1 Å². The molecule has 0 saturated carbocycles. The fourth-order valence-corrected chi connectivity index (χ4v) is 1.76. The molecule has 5 nitrogen and oxygen atoms in total. The summed E-state index contributed by atoms with van der Waals surface area (Å²) in [5, 5.41) is 2.74. The van der Waals surface area contributed by atoms with Gasteiger partial charge in [-0.15, -0.1) is 0 Å². The Morgan fingerprint density at radius 1 is 1.35 bits per heavy atom. The van der Waals surface area contributed by atoms with Crippen LogP contribution >= 0.6 is 15.9 Å². The number of carbonyl (C=O) groups is 1. The second-order valence-electron chi connectivity index (χ2n) is 3.52. The van der Waals surface area contributed by atoms with Crippen molar-refractivity contribution in [1.29, 1.82) is 0 Å². The van der Waals surface area contributed by atoms with E-state index in [-0.39, 0.29) is 5.91 Å². The Labute approximate surface area is 107 Å². The van der Waals surface area contributed by atoms with Crippen LogP contribution in [0.5, 0.6) is 0 Å². The first kappa shape index (κ1) is 11.9. The predicted octanol–water partition coefficient (Wildman–Crippen LogP) is 1.16. The Bertz CT molecular complexity index is 472. The number of para-hydroxylation sites is 1. The zero-order chi connectivity index (χ0) is 12.3. The summed E-state index contributed by atoms with van der Waals surface area (Å²) < 4.78 is 0.521. The van der Waals surface area contributed by atoms with E-state index in [1.807, 2.05) is 18.2 Å². The predicted molar refractivity (Wildman–Crippen MR) is 71.7 cm³/mol. The number of nitrogens with two attached hydrogens (primary N) is 1. The second-order valence-corrected chi connectivity index (χ2v) is 4.33. The third kappa shape index (κ3) is 2.98. The van der Waals surface area contributed by atoms with Crippen molar-refractivity contribution in [2.75, 3.05) is 5.32 Å². The topological polar surface area (TPSA) is 79.8 Å². The lowest BCUT2D eigenvalue weighted by Gasteiger charge is -2.19. The summed E-state index contributed by atoms with van der Waals surface area (Å²) >= 11 is 3.18. The quantitative estimate of drug-likeness (QED) is 0.858. The van der Waals surface area contributed by atoms with E-state index in [0.29, 0.717) is 10.3 Å². The van der Waals surface area contributed by atoms with Gasteiger partial charge in [0.15, 0.2) is 6.04 Å². The van der Waals surface area contributed by atoms with Crippen molar-refractivity contribution in [3.63, 3.8) is 0 Å². The van der Waals surface area contributed by atoms with Crippen molar-refractivity contribution in [3.8, 4) is 0 Å². The number of benzene rings is 1. The molecule has 17 heavy (non-hydrogen) atoms. The van der Waals surface area contributed by atoms with Crippen LogP contribution in [-0.4, -0.2) is 29.0 Å². The lowest BCUT2D eigenvalue weighted by Crippen LogP contribution is -2.43. The summed E-state index contributed by atoms with van der Waals surface area (Å²) in [5.41, 5.74) is 6.42. The third-order valence-corrected chi connectivity index (χ3v) is 2.66. The number of carbonyl (C=O) groups excluding carboxylic acids is 1. The van der Waals surface area contributed by atoms with E-state index < -0.39 is 12.2 Å². The lowest BCUT2D eigenvalue weighted by molar-refractivity contribution is -0.117. The first-order valence-electron chi connectivity index (χ1n) is 5.05. The number of nitrogens with zero attached hydrogens (tertiary/aromatic N) is 2. The van der Waals surface area contributed by atoms with Gasteiger partial charge in [0, 0.05) is 5.69 Å². The summed E-state index contributed by atoms with van der Waals surface area (Å²) in [5.74, 6) is -0.266. The van der Waals surface area contributed by atoms with E-state index >= 15 is 0 Å². The van der Waals surface area contributed by atoms with Crippen molar-refractivity contribution < 1.29 is 4.79 Å².